The quantitative estimate of drug-likeness (QED) is 0.432. The van der Waals surface area contributed by atoms with Gasteiger partial charge >= 0.3 is 0 Å². The Kier molecular flexibility index (Phi) is 9.51. The van der Waals surface area contributed by atoms with E-state index in [1.54, 1.807) is 0 Å². The molecular formula is C23H32ClNO2. The first-order chi connectivity index (χ1) is 13.1. The lowest BCUT2D eigenvalue weighted by molar-refractivity contribution is 0.269. The van der Waals surface area contributed by atoms with Crippen molar-refractivity contribution in [3.8, 4) is 11.5 Å². The number of ether oxygens (including phenoxy) is 2. The molecule has 0 saturated carbocycles. The molecule has 27 heavy (non-hydrogen) atoms. The average molecular weight is 390 g/mol. The summed E-state index contributed by atoms with van der Waals surface area (Å²) >= 11 is 6.51. The summed E-state index contributed by atoms with van der Waals surface area (Å²) in [6.45, 7) is 9.12. The molecule has 0 fully saturated rings. The zero-order valence-corrected chi connectivity index (χ0v) is 17.6. The van der Waals surface area contributed by atoms with E-state index >= 15 is 0 Å². The van der Waals surface area contributed by atoms with Crippen molar-refractivity contribution >= 4 is 11.6 Å². The van der Waals surface area contributed by atoms with Gasteiger partial charge in [-0.15, -0.1) is 0 Å². The second-order valence-electron chi connectivity index (χ2n) is 6.85. The third-order valence-corrected chi connectivity index (χ3v) is 4.69. The number of unbranched alkanes of at least 4 members (excludes halogenated alkanes) is 3. The minimum absolute atomic E-state index is 0.467. The second-order valence-corrected chi connectivity index (χ2v) is 7.26. The van der Waals surface area contributed by atoms with Crippen molar-refractivity contribution in [2.45, 2.75) is 59.6 Å². The van der Waals surface area contributed by atoms with Gasteiger partial charge in [0.25, 0.3) is 0 Å². The summed E-state index contributed by atoms with van der Waals surface area (Å²) in [7, 11) is 0. The molecule has 0 saturated heterocycles. The van der Waals surface area contributed by atoms with Crippen LogP contribution in [0.4, 0.5) is 0 Å². The summed E-state index contributed by atoms with van der Waals surface area (Å²) in [5.74, 6) is 1.32. The first-order valence-corrected chi connectivity index (χ1v) is 10.4. The Morgan fingerprint density at radius 2 is 1.70 bits per heavy atom. The van der Waals surface area contributed by atoms with Crippen LogP contribution in [0.2, 0.25) is 5.02 Å². The van der Waals surface area contributed by atoms with Crippen molar-refractivity contribution in [2.24, 2.45) is 0 Å². The van der Waals surface area contributed by atoms with Gasteiger partial charge in [-0.2, -0.15) is 0 Å². The molecule has 4 heteroatoms. The van der Waals surface area contributed by atoms with E-state index in [0.29, 0.717) is 29.7 Å². The molecule has 0 aliphatic carbocycles. The summed E-state index contributed by atoms with van der Waals surface area (Å²) in [6, 6.07) is 12.3. The van der Waals surface area contributed by atoms with Crippen LogP contribution in [0.15, 0.2) is 36.4 Å². The molecule has 2 rings (SSSR count). The highest BCUT2D eigenvalue weighted by Crippen LogP contribution is 2.37. The van der Waals surface area contributed by atoms with E-state index in [9.17, 15) is 0 Å². The van der Waals surface area contributed by atoms with Gasteiger partial charge in [0.2, 0.25) is 0 Å². The summed E-state index contributed by atoms with van der Waals surface area (Å²) in [5, 5.41) is 4.08. The molecule has 2 aromatic carbocycles. The first kappa shape index (κ1) is 21.6. The topological polar surface area (TPSA) is 30.5 Å². The van der Waals surface area contributed by atoms with Crippen LogP contribution in [0.5, 0.6) is 11.5 Å². The summed E-state index contributed by atoms with van der Waals surface area (Å²) < 4.78 is 11.8. The fourth-order valence-electron chi connectivity index (χ4n) is 2.88. The van der Waals surface area contributed by atoms with Gasteiger partial charge in [-0.25, -0.2) is 0 Å². The molecule has 0 aliphatic heterocycles. The molecule has 2 aromatic rings. The van der Waals surface area contributed by atoms with Gasteiger partial charge in [0.05, 0.1) is 11.6 Å². The van der Waals surface area contributed by atoms with Gasteiger partial charge in [-0.1, -0.05) is 67.6 Å². The molecule has 3 nitrogen and oxygen atoms in total. The van der Waals surface area contributed by atoms with E-state index in [1.807, 2.05) is 19.1 Å². The molecule has 0 aromatic heterocycles. The van der Waals surface area contributed by atoms with E-state index in [-0.39, 0.29) is 0 Å². The Morgan fingerprint density at radius 3 is 2.41 bits per heavy atom. The summed E-state index contributed by atoms with van der Waals surface area (Å²) in [6.07, 6.45) is 5.05. The molecule has 0 heterocycles. The average Bonchev–Trinajstić information content (AvgIpc) is 2.65. The lowest BCUT2D eigenvalue weighted by Crippen LogP contribution is -2.15. The third-order valence-electron chi connectivity index (χ3n) is 4.41. The molecule has 1 N–H and O–H groups in total. The lowest BCUT2D eigenvalue weighted by Gasteiger charge is -2.16. The van der Waals surface area contributed by atoms with Crippen LogP contribution in [0.1, 0.15) is 56.2 Å². The first-order valence-electron chi connectivity index (χ1n) is 9.98. The summed E-state index contributed by atoms with van der Waals surface area (Å²) in [4.78, 5) is 0. The van der Waals surface area contributed by atoms with Crippen molar-refractivity contribution in [2.75, 3.05) is 13.2 Å². The number of aryl methyl sites for hydroxylation is 1. The van der Waals surface area contributed by atoms with Crippen LogP contribution in [-0.2, 0) is 13.2 Å². The predicted octanol–water partition coefficient (Wildman–Crippen LogP) is 6.30. The van der Waals surface area contributed by atoms with Crippen molar-refractivity contribution in [1.82, 2.24) is 5.32 Å². The molecular weight excluding hydrogens is 358 g/mol. The second kappa shape index (κ2) is 11.9. The van der Waals surface area contributed by atoms with Crippen molar-refractivity contribution in [3.05, 3.63) is 58.1 Å². The highest BCUT2D eigenvalue weighted by atomic mass is 35.5. The Labute approximate surface area is 169 Å². The van der Waals surface area contributed by atoms with Gasteiger partial charge in [-0.05, 0) is 50.1 Å². The van der Waals surface area contributed by atoms with Crippen LogP contribution in [0.3, 0.4) is 0 Å². The monoisotopic (exact) mass is 389 g/mol. The van der Waals surface area contributed by atoms with Crippen molar-refractivity contribution in [3.63, 3.8) is 0 Å². The van der Waals surface area contributed by atoms with Crippen molar-refractivity contribution in [1.29, 1.82) is 0 Å². The number of hydrogen-bond acceptors (Lipinski definition) is 3. The maximum absolute atomic E-state index is 6.51. The Hall–Kier alpha value is -1.71. The minimum atomic E-state index is 0.467. The van der Waals surface area contributed by atoms with E-state index in [1.165, 1.54) is 31.2 Å². The number of nitrogens with one attached hydrogen (secondary N) is 1. The van der Waals surface area contributed by atoms with Gasteiger partial charge in [-0.3, -0.25) is 0 Å². The molecule has 0 unspecified atom stereocenters. The van der Waals surface area contributed by atoms with Crippen LogP contribution < -0.4 is 14.8 Å². The normalized spacial score (nSPS) is 10.8. The predicted molar refractivity (Wildman–Crippen MR) is 114 cm³/mol. The standard InChI is InChI=1S/C23H32ClNO2/c1-4-6-7-8-13-25-16-20-14-21(24)23(22(15-20)26-5-2)27-17-19-11-9-18(3)10-12-19/h9-12,14-15,25H,4-8,13,16-17H2,1-3H3. The highest BCUT2D eigenvalue weighted by Gasteiger charge is 2.13. The van der Waals surface area contributed by atoms with Gasteiger partial charge < -0.3 is 14.8 Å². The molecule has 0 amide bonds. The largest absolute Gasteiger partial charge is 0.490 e. The Balaban J connectivity index is 1.98. The molecule has 0 radical (unpaired) electrons. The zero-order chi connectivity index (χ0) is 19.5. The Morgan fingerprint density at radius 1 is 0.926 bits per heavy atom. The smallest absolute Gasteiger partial charge is 0.180 e. The van der Waals surface area contributed by atoms with Crippen LogP contribution in [-0.4, -0.2) is 13.2 Å². The fraction of sp³-hybridized carbons (Fsp3) is 0.478. The summed E-state index contributed by atoms with van der Waals surface area (Å²) in [5.41, 5.74) is 3.46. The molecule has 148 valence electrons. The minimum Gasteiger partial charge on any atom is -0.490 e. The van der Waals surface area contributed by atoms with E-state index in [4.69, 9.17) is 21.1 Å². The molecule has 0 spiro atoms. The highest BCUT2D eigenvalue weighted by molar-refractivity contribution is 6.32. The van der Waals surface area contributed by atoms with E-state index < -0.39 is 0 Å². The fourth-order valence-corrected chi connectivity index (χ4v) is 3.16. The van der Waals surface area contributed by atoms with Crippen LogP contribution in [0, 0.1) is 6.92 Å². The number of hydrogen-bond donors (Lipinski definition) is 1. The number of benzene rings is 2. The van der Waals surface area contributed by atoms with E-state index in [2.05, 4.69) is 43.4 Å². The Bertz CT molecular complexity index is 686. The van der Waals surface area contributed by atoms with Crippen LogP contribution >= 0.6 is 11.6 Å². The third kappa shape index (κ3) is 7.43. The number of halogens is 1. The van der Waals surface area contributed by atoms with Crippen molar-refractivity contribution < 1.29 is 9.47 Å². The maximum Gasteiger partial charge on any atom is 0.180 e. The van der Waals surface area contributed by atoms with Gasteiger partial charge in [0.15, 0.2) is 11.5 Å². The van der Waals surface area contributed by atoms with Crippen LogP contribution in [0.25, 0.3) is 0 Å². The molecule has 0 aliphatic rings. The molecule has 0 atom stereocenters. The maximum atomic E-state index is 6.51. The molecule has 0 bridgehead atoms. The van der Waals surface area contributed by atoms with Gasteiger partial charge in [0, 0.05) is 6.54 Å². The zero-order valence-electron chi connectivity index (χ0n) is 16.8. The lowest BCUT2D eigenvalue weighted by atomic mass is 10.1. The SMILES string of the molecule is CCCCCCNCc1cc(Cl)c(OCc2ccc(C)cc2)c(OCC)c1. The number of rotatable bonds is 12. The van der Waals surface area contributed by atoms with Gasteiger partial charge in [0.1, 0.15) is 6.61 Å². The van der Waals surface area contributed by atoms with E-state index in [0.717, 1.165) is 24.2 Å².